The highest BCUT2D eigenvalue weighted by molar-refractivity contribution is 7.90. The maximum atomic E-state index is 13.4. The predicted molar refractivity (Wildman–Crippen MR) is 153 cm³/mol. The molecule has 0 aromatic heterocycles. The molecule has 10 nitrogen and oxygen atoms in total. The van der Waals surface area contributed by atoms with Crippen LogP contribution in [-0.4, -0.2) is 73.8 Å². The number of amides is 4. The lowest BCUT2D eigenvalue weighted by Gasteiger charge is -2.37. The molecular formula is C30H38N4O6S. The Morgan fingerprint density at radius 3 is 2.34 bits per heavy atom. The second-order valence-electron chi connectivity index (χ2n) is 11.4. The van der Waals surface area contributed by atoms with Crippen LogP contribution >= 0.6 is 0 Å². The van der Waals surface area contributed by atoms with E-state index in [1.807, 2.05) is 30.3 Å². The molecule has 1 spiro atoms. The van der Waals surface area contributed by atoms with Gasteiger partial charge in [0.05, 0.1) is 17.5 Å². The van der Waals surface area contributed by atoms with Crippen molar-refractivity contribution < 1.29 is 27.5 Å². The van der Waals surface area contributed by atoms with E-state index in [-0.39, 0.29) is 35.6 Å². The summed E-state index contributed by atoms with van der Waals surface area (Å²) in [6, 6.07) is 15.5. The summed E-state index contributed by atoms with van der Waals surface area (Å²) in [4.78, 5) is 42.5. The number of benzene rings is 2. The number of urea groups is 1. The van der Waals surface area contributed by atoms with Crippen LogP contribution < -0.4 is 10.6 Å². The van der Waals surface area contributed by atoms with Crippen LogP contribution in [-0.2, 0) is 25.9 Å². The molecule has 0 radical (unpaired) electrons. The normalized spacial score (nSPS) is 20.3. The van der Waals surface area contributed by atoms with E-state index in [1.54, 1.807) is 12.1 Å². The summed E-state index contributed by atoms with van der Waals surface area (Å²) in [6.07, 6.45) is 6.45. The maximum Gasteiger partial charge on any atom is 0.407 e. The van der Waals surface area contributed by atoms with Crippen molar-refractivity contribution in [2.24, 2.45) is 0 Å². The first kappa shape index (κ1) is 29.1. The van der Waals surface area contributed by atoms with E-state index in [0.29, 0.717) is 37.9 Å². The first-order valence-corrected chi connectivity index (χ1v) is 16.2. The maximum absolute atomic E-state index is 13.4. The lowest BCUT2D eigenvalue weighted by molar-refractivity contribution is -0.133. The summed E-state index contributed by atoms with van der Waals surface area (Å²) >= 11 is 0. The van der Waals surface area contributed by atoms with Gasteiger partial charge in [-0.05, 0) is 68.2 Å². The van der Waals surface area contributed by atoms with Gasteiger partial charge in [-0.3, -0.25) is 9.69 Å². The fraction of sp³-hybridized carbons (Fsp3) is 0.500. The van der Waals surface area contributed by atoms with Crippen LogP contribution in [0.2, 0.25) is 0 Å². The zero-order valence-electron chi connectivity index (χ0n) is 23.4. The van der Waals surface area contributed by atoms with Crippen LogP contribution in [0.4, 0.5) is 9.59 Å². The molecule has 11 heteroatoms. The van der Waals surface area contributed by atoms with E-state index in [4.69, 9.17) is 4.74 Å². The number of nitrogens with zero attached hydrogens (tertiary/aromatic N) is 2. The number of imide groups is 1. The molecule has 5 rings (SSSR count). The zero-order valence-corrected chi connectivity index (χ0v) is 24.2. The van der Waals surface area contributed by atoms with Gasteiger partial charge in [-0.1, -0.05) is 42.5 Å². The topological polar surface area (TPSA) is 125 Å². The number of ether oxygens (including phenoxy) is 1. The van der Waals surface area contributed by atoms with E-state index in [2.05, 4.69) is 15.5 Å². The van der Waals surface area contributed by atoms with Crippen LogP contribution in [0.3, 0.4) is 0 Å². The number of nitrogens with one attached hydrogen (secondary N) is 2. The summed E-state index contributed by atoms with van der Waals surface area (Å²) in [5, 5.41) is 6.00. The van der Waals surface area contributed by atoms with Gasteiger partial charge in [0.25, 0.3) is 5.91 Å². The lowest BCUT2D eigenvalue weighted by Crippen LogP contribution is -2.55. The Kier molecular flexibility index (Phi) is 8.65. The Morgan fingerprint density at radius 2 is 1.71 bits per heavy atom. The molecule has 4 amide bonds. The molecule has 1 atom stereocenters. The van der Waals surface area contributed by atoms with Gasteiger partial charge in [0.2, 0.25) is 0 Å². The Morgan fingerprint density at radius 1 is 1.05 bits per heavy atom. The molecular weight excluding hydrogens is 544 g/mol. The Balaban J connectivity index is 1.15. The molecule has 220 valence electrons. The molecule has 1 aliphatic carbocycles. The number of hydrogen-bond donors (Lipinski definition) is 2. The highest BCUT2D eigenvalue weighted by Crippen LogP contribution is 2.31. The number of alkyl carbamates (subject to hydrolysis) is 1. The average Bonchev–Trinajstić information content (AvgIpc) is 3.54. The number of carbonyl (C=O) groups excluding carboxylic acids is 3. The molecule has 2 N–H and O–H groups in total. The number of sulfone groups is 1. The van der Waals surface area contributed by atoms with E-state index in [9.17, 15) is 22.8 Å². The third-order valence-electron chi connectivity index (χ3n) is 8.45. The standard InChI is InChI=1S/C30H38N4O6S/c1-41(38,39)25-13-11-22(12-14-25)21-34-27(35)30(32-28(34)36)16-19-33(20-17-30)18-15-26(23-7-3-2-4-8-23)31-29(37)40-24-9-5-6-10-24/h2-4,7-8,11-14,24,26H,5-6,9-10,15-21H2,1H3,(H,31,37)(H,32,36). The number of hydrogen-bond acceptors (Lipinski definition) is 7. The first-order chi connectivity index (χ1) is 19.6. The smallest absolute Gasteiger partial charge is 0.407 e. The number of piperidine rings is 1. The van der Waals surface area contributed by atoms with Gasteiger partial charge in [0.15, 0.2) is 9.84 Å². The van der Waals surface area contributed by atoms with Crippen molar-refractivity contribution in [3.8, 4) is 0 Å². The zero-order chi connectivity index (χ0) is 29.0. The fourth-order valence-corrected chi connectivity index (χ4v) is 6.63. The van der Waals surface area contributed by atoms with E-state index < -0.39 is 21.4 Å². The average molecular weight is 583 g/mol. The first-order valence-electron chi connectivity index (χ1n) is 14.3. The van der Waals surface area contributed by atoms with Gasteiger partial charge in [-0.15, -0.1) is 0 Å². The minimum absolute atomic E-state index is 0.00437. The van der Waals surface area contributed by atoms with Gasteiger partial charge in [0.1, 0.15) is 11.6 Å². The second kappa shape index (κ2) is 12.2. The highest BCUT2D eigenvalue weighted by Gasteiger charge is 2.52. The Bertz CT molecular complexity index is 1350. The minimum Gasteiger partial charge on any atom is -0.446 e. The van der Waals surface area contributed by atoms with E-state index in [1.165, 1.54) is 17.0 Å². The predicted octanol–water partition coefficient (Wildman–Crippen LogP) is 3.78. The Labute approximate surface area is 241 Å². The molecule has 3 fully saturated rings. The lowest BCUT2D eigenvalue weighted by atomic mass is 9.87. The number of likely N-dealkylation sites (tertiary alicyclic amines) is 1. The molecule has 2 aromatic rings. The van der Waals surface area contributed by atoms with Crippen molar-refractivity contribution in [3.63, 3.8) is 0 Å². The third-order valence-corrected chi connectivity index (χ3v) is 9.58. The van der Waals surface area contributed by atoms with Crippen molar-refractivity contribution >= 4 is 27.9 Å². The number of rotatable bonds is 9. The van der Waals surface area contributed by atoms with Crippen molar-refractivity contribution in [1.82, 2.24) is 20.4 Å². The van der Waals surface area contributed by atoms with Crippen molar-refractivity contribution in [3.05, 3.63) is 65.7 Å². The minimum atomic E-state index is -3.32. The molecule has 3 aliphatic rings. The van der Waals surface area contributed by atoms with Crippen LogP contribution in [0.15, 0.2) is 59.5 Å². The summed E-state index contributed by atoms with van der Waals surface area (Å²) < 4.78 is 29.1. The van der Waals surface area contributed by atoms with E-state index >= 15 is 0 Å². The Hall–Kier alpha value is -3.44. The second-order valence-corrected chi connectivity index (χ2v) is 13.4. The molecule has 2 heterocycles. The summed E-state index contributed by atoms with van der Waals surface area (Å²) in [5.74, 6) is -0.243. The van der Waals surface area contributed by atoms with Crippen molar-refractivity contribution in [2.75, 3.05) is 25.9 Å². The third kappa shape index (κ3) is 6.90. The van der Waals surface area contributed by atoms with Gasteiger partial charge in [-0.2, -0.15) is 0 Å². The molecule has 2 saturated heterocycles. The summed E-state index contributed by atoms with van der Waals surface area (Å²) in [5.41, 5.74) is 0.770. The van der Waals surface area contributed by atoms with Gasteiger partial charge >= 0.3 is 12.1 Å². The summed E-state index contributed by atoms with van der Waals surface area (Å²) in [6.45, 7) is 2.08. The largest absolute Gasteiger partial charge is 0.446 e. The van der Waals surface area contributed by atoms with E-state index in [0.717, 1.165) is 44.0 Å². The van der Waals surface area contributed by atoms with Crippen molar-refractivity contribution in [1.29, 1.82) is 0 Å². The molecule has 41 heavy (non-hydrogen) atoms. The van der Waals surface area contributed by atoms with Gasteiger partial charge < -0.3 is 20.3 Å². The molecule has 2 aliphatic heterocycles. The molecule has 2 aromatic carbocycles. The summed E-state index contributed by atoms with van der Waals surface area (Å²) in [7, 11) is -3.32. The monoisotopic (exact) mass is 582 g/mol. The molecule has 1 saturated carbocycles. The fourth-order valence-electron chi connectivity index (χ4n) is 5.99. The van der Waals surface area contributed by atoms with Gasteiger partial charge in [0, 0.05) is 25.9 Å². The van der Waals surface area contributed by atoms with Crippen LogP contribution in [0, 0.1) is 0 Å². The molecule has 1 unspecified atom stereocenters. The SMILES string of the molecule is CS(=O)(=O)c1ccc(CN2C(=O)NC3(CCN(CCC(NC(=O)OC4CCCC4)c4ccccc4)CC3)C2=O)cc1. The number of carbonyl (C=O) groups is 3. The van der Waals surface area contributed by atoms with Crippen LogP contribution in [0.5, 0.6) is 0 Å². The van der Waals surface area contributed by atoms with Crippen molar-refractivity contribution in [2.45, 2.75) is 74.1 Å². The van der Waals surface area contributed by atoms with Gasteiger partial charge in [-0.25, -0.2) is 18.0 Å². The quantitative estimate of drug-likeness (QED) is 0.431. The van der Waals surface area contributed by atoms with Crippen LogP contribution in [0.1, 0.15) is 62.1 Å². The van der Waals surface area contributed by atoms with Crippen LogP contribution in [0.25, 0.3) is 0 Å². The highest BCUT2D eigenvalue weighted by atomic mass is 32.2. The molecule has 0 bridgehead atoms.